The standard InChI is InChI=1S/C11H12N2O2/c1-10(14)15-13(9-5-8-12)11-6-3-2-4-7-11/h2-4,6-7H,5,9H2,1H3. The first-order chi connectivity index (χ1) is 7.24. The molecule has 0 aliphatic rings. The minimum Gasteiger partial charge on any atom is -0.341 e. The summed E-state index contributed by atoms with van der Waals surface area (Å²) < 4.78 is 0. The highest BCUT2D eigenvalue weighted by Crippen LogP contribution is 2.13. The fraction of sp³-hybridized carbons (Fsp3) is 0.273. The third kappa shape index (κ3) is 3.69. The summed E-state index contributed by atoms with van der Waals surface area (Å²) in [6, 6.07) is 11.2. The van der Waals surface area contributed by atoms with Crippen molar-refractivity contribution in [1.82, 2.24) is 0 Å². The number of nitriles is 1. The van der Waals surface area contributed by atoms with Crippen molar-refractivity contribution < 1.29 is 9.63 Å². The van der Waals surface area contributed by atoms with Gasteiger partial charge in [0.25, 0.3) is 0 Å². The predicted molar refractivity (Wildman–Crippen MR) is 55.8 cm³/mol. The van der Waals surface area contributed by atoms with Crippen LogP contribution in [-0.2, 0) is 9.63 Å². The van der Waals surface area contributed by atoms with Crippen LogP contribution in [0.1, 0.15) is 13.3 Å². The molecular formula is C11H12N2O2. The Labute approximate surface area is 88.6 Å². The lowest BCUT2D eigenvalue weighted by Crippen LogP contribution is -2.26. The number of benzene rings is 1. The van der Waals surface area contributed by atoms with Gasteiger partial charge in [0.2, 0.25) is 0 Å². The van der Waals surface area contributed by atoms with Gasteiger partial charge in [-0.1, -0.05) is 18.2 Å². The Hall–Kier alpha value is -2.02. The summed E-state index contributed by atoms with van der Waals surface area (Å²) >= 11 is 0. The Morgan fingerprint density at radius 2 is 2.13 bits per heavy atom. The molecule has 1 aromatic rings. The Morgan fingerprint density at radius 1 is 1.47 bits per heavy atom. The summed E-state index contributed by atoms with van der Waals surface area (Å²) in [5, 5.41) is 9.90. The van der Waals surface area contributed by atoms with Gasteiger partial charge in [0.05, 0.1) is 24.7 Å². The number of carbonyl (C=O) groups is 1. The van der Waals surface area contributed by atoms with E-state index in [9.17, 15) is 4.79 Å². The van der Waals surface area contributed by atoms with Crippen molar-refractivity contribution in [3.8, 4) is 6.07 Å². The minimum atomic E-state index is -0.392. The number of hydrogen-bond donors (Lipinski definition) is 0. The van der Waals surface area contributed by atoms with E-state index in [2.05, 4.69) is 0 Å². The summed E-state index contributed by atoms with van der Waals surface area (Å²) in [6.45, 7) is 1.71. The summed E-state index contributed by atoms with van der Waals surface area (Å²) in [7, 11) is 0. The molecule has 0 N–H and O–H groups in total. The molecule has 0 saturated carbocycles. The first-order valence-corrected chi connectivity index (χ1v) is 4.62. The van der Waals surface area contributed by atoms with Gasteiger partial charge in [-0.25, -0.2) is 5.06 Å². The molecule has 0 heterocycles. The highest BCUT2D eigenvalue weighted by Gasteiger charge is 2.08. The lowest BCUT2D eigenvalue weighted by molar-refractivity contribution is -0.142. The Balaban J connectivity index is 2.72. The fourth-order valence-electron chi connectivity index (χ4n) is 1.13. The summed E-state index contributed by atoms with van der Waals surface area (Å²) in [6.07, 6.45) is 0.308. The smallest absolute Gasteiger partial charge is 0.329 e. The van der Waals surface area contributed by atoms with Crippen LogP contribution < -0.4 is 5.06 Å². The molecule has 0 saturated heterocycles. The van der Waals surface area contributed by atoms with E-state index in [4.69, 9.17) is 10.1 Å². The Bertz CT molecular complexity index is 357. The summed E-state index contributed by atoms with van der Waals surface area (Å²) in [5.41, 5.74) is 0.767. The average molecular weight is 204 g/mol. The molecule has 0 radical (unpaired) electrons. The SMILES string of the molecule is CC(=O)ON(CCC#N)c1ccccc1. The lowest BCUT2D eigenvalue weighted by atomic mass is 10.3. The van der Waals surface area contributed by atoms with E-state index in [-0.39, 0.29) is 0 Å². The lowest BCUT2D eigenvalue weighted by Gasteiger charge is -2.21. The van der Waals surface area contributed by atoms with Gasteiger partial charge in [0, 0.05) is 6.92 Å². The van der Waals surface area contributed by atoms with Crippen molar-refractivity contribution in [3.05, 3.63) is 30.3 Å². The molecule has 4 heteroatoms. The highest BCUT2D eigenvalue weighted by atomic mass is 16.7. The van der Waals surface area contributed by atoms with Crippen LogP contribution in [0.5, 0.6) is 0 Å². The molecule has 15 heavy (non-hydrogen) atoms. The van der Waals surface area contributed by atoms with E-state index in [1.807, 2.05) is 36.4 Å². The third-order valence-electron chi connectivity index (χ3n) is 1.71. The van der Waals surface area contributed by atoms with E-state index >= 15 is 0 Å². The van der Waals surface area contributed by atoms with Crippen molar-refractivity contribution >= 4 is 11.7 Å². The molecule has 0 aliphatic heterocycles. The van der Waals surface area contributed by atoms with Gasteiger partial charge in [0.15, 0.2) is 0 Å². The summed E-state index contributed by atoms with van der Waals surface area (Å²) in [5.74, 6) is -0.392. The maximum atomic E-state index is 10.8. The van der Waals surface area contributed by atoms with Crippen LogP contribution in [0.2, 0.25) is 0 Å². The van der Waals surface area contributed by atoms with Gasteiger partial charge in [0.1, 0.15) is 0 Å². The van der Waals surface area contributed by atoms with Crippen LogP contribution in [0, 0.1) is 11.3 Å². The van der Waals surface area contributed by atoms with Gasteiger partial charge < -0.3 is 4.84 Å². The zero-order valence-corrected chi connectivity index (χ0v) is 8.51. The fourth-order valence-corrected chi connectivity index (χ4v) is 1.13. The number of anilines is 1. The molecule has 0 spiro atoms. The van der Waals surface area contributed by atoms with E-state index in [1.165, 1.54) is 12.0 Å². The molecule has 78 valence electrons. The van der Waals surface area contributed by atoms with Crippen LogP contribution in [-0.4, -0.2) is 12.5 Å². The number of hydroxylamine groups is 1. The maximum absolute atomic E-state index is 10.8. The van der Waals surface area contributed by atoms with E-state index in [1.54, 1.807) is 0 Å². The molecule has 0 unspecified atom stereocenters. The summed E-state index contributed by atoms with van der Waals surface area (Å²) in [4.78, 5) is 15.8. The number of nitrogens with zero attached hydrogens (tertiary/aromatic N) is 2. The molecular weight excluding hydrogens is 192 g/mol. The third-order valence-corrected chi connectivity index (χ3v) is 1.71. The van der Waals surface area contributed by atoms with Gasteiger partial charge in [-0.2, -0.15) is 5.26 Å². The Kier molecular flexibility index (Phi) is 4.17. The zero-order chi connectivity index (χ0) is 11.1. The van der Waals surface area contributed by atoms with Gasteiger partial charge in [-0.3, -0.25) is 4.79 Å². The first kappa shape index (κ1) is 11.1. The first-order valence-electron chi connectivity index (χ1n) is 4.62. The highest BCUT2D eigenvalue weighted by molar-refractivity contribution is 5.67. The quantitative estimate of drug-likeness (QED) is 0.703. The van der Waals surface area contributed by atoms with Crippen LogP contribution >= 0.6 is 0 Å². The molecule has 1 aromatic carbocycles. The second-order valence-electron chi connectivity index (χ2n) is 2.93. The van der Waals surface area contributed by atoms with Gasteiger partial charge >= 0.3 is 5.97 Å². The van der Waals surface area contributed by atoms with Crippen molar-refractivity contribution in [1.29, 1.82) is 5.26 Å². The molecule has 0 aliphatic carbocycles. The van der Waals surface area contributed by atoms with Crippen LogP contribution in [0.4, 0.5) is 5.69 Å². The molecule has 1 rings (SSSR count). The van der Waals surface area contributed by atoms with Crippen LogP contribution in [0.25, 0.3) is 0 Å². The van der Waals surface area contributed by atoms with Gasteiger partial charge in [-0.15, -0.1) is 0 Å². The largest absolute Gasteiger partial charge is 0.341 e. The minimum absolute atomic E-state index is 0.308. The van der Waals surface area contributed by atoms with Crippen molar-refractivity contribution in [2.75, 3.05) is 11.6 Å². The average Bonchev–Trinajstić information content (AvgIpc) is 2.25. The van der Waals surface area contributed by atoms with E-state index in [0.717, 1.165) is 5.69 Å². The molecule has 0 bridgehead atoms. The normalized spacial score (nSPS) is 9.07. The molecule has 0 aromatic heterocycles. The van der Waals surface area contributed by atoms with Crippen molar-refractivity contribution in [2.45, 2.75) is 13.3 Å². The van der Waals surface area contributed by atoms with Crippen molar-refractivity contribution in [2.24, 2.45) is 0 Å². The van der Waals surface area contributed by atoms with Crippen LogP contribution in [0.15, 0.2) is 30.3 Å². The number of hydrogen-bond acceptors (Lipinski definition) is 4. The van der Waals surface area contributed by atoms with E-state index in [0.29, 0.717) is 13.0 Å². The topological polar surface area (TPSA) is 53.3 Å². The maximum Gasteiger partial charge on any atom is 0.329 e. The number of rotatable bonds is 4. The van der Waals surface area contributed by atoms with Gasteiger partial charge in [-0.05, 0) is 12.1 Å². The number of carbonyl (C=O) groups excluding carboxylic acids is 1. The number of para-hydroxylation sites is 1. The Morgan fingerprint density at radius 3 is 2.67 bits per heavy atom. The van der Waals surface area contributed by atoms with E-state index < -0.39 is 5.97 Å². The predicted octanol–water partition coefficient (Wildman–Crippen LogP) is 1.88. The van der Waals surface area contributed by atoms with Crippen molar-refractivity contribution in [3.63, 3.8) is 0 Å². The molecule has 0 fully saturated rings. The van der Waals surface area contributed by atoms with Crippen LogP contribution in [0.3, 0.4) is 0 Å². The second kappa shape index (κ2) is 5.66. The molecule has 4 nitrogen and oxygen atoms in total. The molecule has 0 amide bonds. The second-order valence-corrected chi connectivity index (χ2v) is 2.93. The molecule has 0 atom stereocenters. The zero-order valence-electron chi connectivity index (χ0n) is 8.51. The monoisotopic (exact) mass is 204 g/mol.